The molecule has 4 aromatic rings. The zero-order chi connectivity index (χ0) is 28.9. The Morgan fingerprint density at radius 2 is 1.85 bits per heavy atom. The Labute approximate surface area is 234 Å². The average molecular weight is 563 g/mol. The first-order valence-electron chi connectivity index (χ1n) is 13.1. The SMILES string of the molecule is Cc1cc(F)ccc1CN(Cc1ccccc1)C(=O)C(=O)Nc1cnc(N)c2cnn(COCC[Si](C)(C)C)c12. The molecule has 4 rings (SSSR count). The van der Waals surface area contributed by atoms with Crippen molar-refractivity contribution in [1.82, 2.24) is 19.7 Å². The number of amides is 2. The number of hydrogen-bond donors (Lipinski definition) is 2. The molecule has 11 heteroatoms. The van der Waals surface area contributed by atoms with Gasteiger partial charge in [0, 0.05) is 27.8 Å². The molecule has 0 fully saturated rings. The monoisotopic (exact) mass is 562 g/mol. The van der Waals surface area contributed by atoms with Gasteiger partial charge in [-0.15, -0.1) is 0 Å². The predicted octanol–water partition coefficient (Wildman–Crippen LogP) is 4.94. The molecule has 0 aliphatic heterocycles. The lowest BCUT2D eigenvalue weighted by molar-refractivity contribution is -0.144. The molecular formula is C29H35FN6O3Si. The highest BCUT2D eigenvalue weighted by Gasteiger charge is 2.25. The second-order valence-corrected chi connectivity index (χ2v) is 16.6. The molecule has 2 amide bonds. The molecule has 2 aromatic carbocycles. The number of nitrogens with two attached hydrogens (primary N) is 1. The van der Waals surface area contributed by atoms with Crippen molar-refractivity contribution in [1.29, 1.82) is 0 Å². The van der Waals surface area contributed by atoms with E-state index in [0.717, 1.165) is 17.2 Å². The molecular weight excluding hydrogens is 527 g/mol. The van der Waals surface area contributed by atoms with E-state index in [9.17, 15) is 14.0 Å². The third-order valence-electron chi connectivity index (χ3n) is 6.52. The Hall–Kier alpha value is -4.09. The second-order valence-electron chi connectivity index (χ2n) is 11.0. The molecule has 0 atom stereocenters. The summed E-state index contributed by atoms with van der Waals surface area (Å²) < 4.78 is 21.2. The standard InChI is InChI=1S/C29H35FN6O3Si/c1-20-14-23(30)11-10-22(20)18-35(17-21-8-6-5-7-9-21)29(38)28(37)34-25-16-32-27(31)24-15-33-36(26(24)25)19-39-12-13-40(2,3)4/h5-11,14-16H,12-13,17-19H2,1-4H3,(H2,31,32)(H,34,37). The Morgan fingerprint density at radius 3 is 2.55 bits per heavy atom. The van der Waals surface area contributed by atoms with Gasteiger partial charge in [-0.1, -0.05) is 56.0 Å². The van der Waals surface area contributed by atoms with Crippen LogP contribution in [0.15, 0.2) is 60.9 Å². The minimum atomic E-state index is -1.26. The van der Waals surface area contributed by atoms with Crippen LogP contribution in [0.2, 0.25) is 25.7 Å². The van der Waals surface area contributed by atoms with Crippen LogP contribution in [0.25, 0.3) is 10.9 Å². The number of aromatic nitrogens is 3. The van der Waals surface area contributed by atoms with E-state index >= 15 is 0 Å². The number of nitrogens with one attached hydrogen (secondary N) is 1. The van der Waals surface area contributed by atoms with E-state index in [2.05, 4.69) is 35.0 Å². The Bertz CT molecular complexity index is 1500. The van der Waals surface area contributed by atoms with Crippen LogP contribution in [0, 0.1) is 12.7 Å². The summed E-state index contributed by atoms with van der Waals surface area (Å²) in [5.41, 5.74) is 9.17. The van der Waals surface area contributed by atoms with E-state index in [0.29, 0.717) is 28.8 Å². The second kappa shape index (κ2) is 12.4. The highest BCUT2D eigenvalue weighted by Crippen LogP contribution is 2.27. The van der Waals surface area contributed by atoms with Crippen molar-refractivity contribution in [3.63, 3.8) is 0 Å². The topological polar surface area (TPSA) is 115 Å². The first-order chi connectivity index (χ1) is 19.0. The van der Waals surface area contributed by atoms with Crippen LogP contribution in [0.3, 0.4) is 0 Å². The van der Waals surface area contributed by atoms with Gasteiger partial charge in [-0.2, -0.15) is 5.10 Å². The van der Waals surface area contributed by atoms with Crippen LogP contribution >= 0.6 is 0 Å². The number of hydrogen-bond acceptors (Lipinski definition) is 6. The number of nitrogen functional groups attached to an aromatic ring is 1. The van der Waals surface area contributed by atoms with Gasteiger partial charge in [-0.05, 0) is 41.8 Å². The lowest BCUT2D eigenvalue weighted by Crippen LogP contribution is -2.39. The lowest BCUT2D eigenvalue weighted by Gasteiger charge is -2.23. The number of carbonyl (C=O) groups excluding carboxylic acids is 2. The number of benzene rings is 2. The van der Waals surface area contributed by atoms with E-state index in [4.69, 9.17) is 10.5 Å². The molecule has 0 aliphatic carbocycles. The van der Waals surface area contributed by atoms with E-state index < -0.39 is 19.9 Å². The first kappa shape index (κ1) is 28.9. The van der Waals surface area contributed by atoms with Crippen molar-refractivity contribution in [2.45, 2.75) is 52.4 Å². The van der Waals surface area contributed by atoms with Crippen molar-refractivity contribution in [3.05, 3.63) is 83.4 Å². The predicted molar refractivity (Wildman–Crippen MR) is 157 cm³/mol. The van der Waals surface area contributed by atoms with Gasteiger partial charge < -0.3 is 20.7 Å². The molecule has 0 unspecified atom stereocenters. The summed E-state index contributed by atoms with van der Waals surface area (Å²) in [6, 6.07) is 14.7. The third-order valence-corrected chi connectivity index (χ3v) is 8.23. The summed E-state index contributed by atoms with van der Waals surface area (Å²) in [5, 5.41) is 7.63. The maximum Gasteiger partial charge on any atom is 0.314 e. The molecule has 2 aromatic heterocycles. The third kappa shape index (κ3) is 7.30. The molecule has 3 N–H and O–H groups in total. The Morgan fingerprint density at radius 1 is 1.10 bits per heavy atom. The van der Waals surface area contributed by atoms with E-state index in [1.165, 1.54) is 23.2 Å². The molecule has 2 heterocycles. The summed E-state index contributed by atoms with van der Waals surface area (Å²) in [6.07, 6.45) is 2.98. The van der Waals surface area contributed by atoms with Gasteiger partial charge in [-0.25, -0.2) is 14.1 Å². The largest absolute Gasteiger partial charge is 0.383 e. The summed E-state index contributed by atoms with van der Waals surface area (Å²) in [6.45, 7) is 9.67. The van der Waals surface area contributed by atoms with E-state index in [1.54, 1.807) is 23.9 Å². The van der Waals surface area contributed by atoms with Gasteiger partial charge >= 0.3 is 11.8 Å². The number of pyridine rings is 1. The molecule has 0 aliphatic rings. The molecule has 0 spiro atoms. The number of carbonyl (C=O) groups is 2. The van der Waals surface area contributed by atoms with E-state index in [-0.39, 0.29) is 31.5 Å². The van der Waals surface area contributed by atoms with Gasteiger partial charge in [0.05, 0.1) is 29.0 Å². The summed E-state index contributed by atoms with van der Waals surface area (Å²) in [7, 11) is -1.26. The van der Waals surface area contributed by atoms with Gasteiger partial charge in [0.15, 0.2) is 0 Å². The van der Waals surface area contributed by atoms with Crippen LogP contribution in [0.4, 0.5) is 15.9 Å². The average Bonchev–Trinajstić information content (AvgIpc) is 3.34. The number of anilines is 2. The van der Waals surface area contributed by atoms with E-state index in [1.807, 2.05) is 30.3 Å². The Balaban J connectivity index is 1.57. The van der Waals surface area contributed by atoms with Crippen molar-refractivity contribution in [2.75, 3.05) is 17.7 Å². The number of fused-ring (bicyclic) bond motifs is 1. The van der Waals surface area contributed by atoms with Gasteiger partial charge in [-0.3, -0.25) is 9.59 Å². The molecule has 9 nitrogen and oxygen atoms in total. The Kier molecular flexibility index (Phi) is 8.95. The van der Waals surface area contributed by atoms with Gasteiger partial charge in [0.1, 0.15) is 18.4 Å². The summed E-state index contributed by atoms with van der Waals surface area (Å²) in [5.74, 6) is -1.68. The fourth-order valence-corrected chi connectivity index (χ4v) is 4.96. The molecule has 0 radical (unpaired) electrons. The van der Waals surface area contributed by atoms with Crippen molar-refractivity contribution in [2.24, 2.45) is 0 Å². The lowest BCUT2D eigenvalue weighted by atomic mass is 10.1. The molecule has 0 bridgehead atoms. The normalized spacial score (nSPS) is 11.5. The minimum Gasteiger partial charge on any atom is -0.383 e. The van der Waals surface area contributed by atoms with Crippen molar-refractivity contribution >= 4 is 42.3 Å². The number of ether oxygens (including phenoxy) is 1. The minimum absolute atomic E-state index is 0.130. The van der Waals surface area contributed by atoms with Crippen LogP contribution in [0.1, 0.15) is 16.7 Å². The number of nitrogens with zero attached hydrogens (tertiary/aromatic N) is 4. The highest BCUT2D eigenvalue weighted by molar-refractivity contribution is 6.76. The smallest absolute Gasteiger partial charge is 0.314 e. The molecule has 40 heavy (non-hydrogen) atoms. The van der Waals surface area contributed by atoms with Crippen LogP contribution in [-0.2, 0) is 34.1 Å². The molecule has 210 valence electrons. The number of aryl methyl sites for hydroxylation is 1. The highest BCUT2D eigenvalue weighted by atomic mass is 28.3. The first-order valence-corrected chi connectivity index (χ1v) is 16.8. The number of halogens is 1. The van der Waals surface area contributed by atoms with Gasteiger partial charge in [0.25, 0.3) is 0 Å². The molecule has 0 saturated heterocycles. The van der Waals surface area contributed by atoms with Crippen LogP contribution in [-0.4, -0.2) is 46.2 Å². The zero-order valence-corrected chi connectivity index (χ0v) is 24.3. The summed E-state index contributed by atoms with van der Waals surface area (Å²) in [4.78, 5) is 32.5. The fourth-order valence-electron chi connectivity index (χ4n) is 4.21. The maximum atomic E-state index is 13.7. The van der Waals surface area contributed by atoms with Gasteiger partial charge in [0.2, 0.25) is 0 Å². The van der Waals surface area contributed by atoms with Crippen LogP contribution < -0.4 is 11.1 Å². The van der Waals surface area contributed by atoms with Crippen LogP contribution in [0.5, 0.6) is 0 Å². The summed E-state index contributed by atoms with van der Waals surface area (Å²) >= 11 is 0. The molecule has 0 saturated carbocycles. The fraction of sp³-hybridized carbons (Fsp3) is 0.310. The zero-order valence-electron chi connectivity index (χ0n) is 23.3. The quantitative estimate of drug-likeness (QED) is 0.161. The number of rotatable bonds is 10. The maximum absolute atomic E-state index is 13.7. The van der Waals surface area contributed by atoms with Crippen molar-refractivity contribution < 1.29 is 18.7 Å². The van der Waals surface area contributed by atoms with Crippen molar-refractivity contribution in [3.8, 4) is 0 Å².